The van der Waals surface area contributed by atoms with Gasteiger partial charge in [-0.2, -0.15) is 0 Å². The van der Waals surface area contributed by atoms with Crippen LogP contribution in [0.1, 0.15) is 42.1 Å². The fourth-order valence-corrected chi connectivity index (χ4v) is 4.17. The first kappa shape index (κ1) is 22.4. The van der Waals surface area contributed by atoms with Crippen LogP contribution in [0, 0.1) is 5.92 Å². The first-order valence-corrected chi connectivity index (χ1v) is 11.3. The van der Waals surface area contributed by atoms with Crippen LogP contribution >= 0.6 is 0 Å². The highest BCUT2D eigenvalue weighted by Gasteiger charge is 2.27. The predicted octanol–water partition coefficient (Wildman–Crippen LogP) is 2.13. The van der Waals surface area contributed by atoms with E-state index in [9.17, 15) is 9.59 Å². The summed E-state index contributed by atoms with van der Waals surface area (Å²) in [6.45, 7) is 6.44. The smallest absolute Gasteiger partial charge is 0.269 e. The number of nitrogens with zero attached hydrogens (tertiary/aromatic N) is 4. The molecule has 0 unspecified atom stereocenters. The van der Waals surface area contributed by atoms with Crippen LogP contribution in [0.25, 0.3) is 11.1 Å². The van der Waals surface area contributed by atoms with Gasteiger partial charge in [0.2, 0.25) is 5.91 Å². The molecular formula is C24H31N5O3. The average molecular weight is 438 g/mol. The summed E-state index contributed by atoms with van der Waals surface area (Å²) in [7, 11) is 1.58. The maximum Gasteiger partial charge on any atom is 0.269 e. The molecule has 8 nitrogen and oxygen atoms in total. The lowest BCUT2D eigenvalue weighted by Gasteiger charge is -2.35. The van der Waals surface area contributed by atoms with Gasteiger partial charge in [-0.3, -0.25) is 24.5 Å². The number of morpholine rings is 1. The van der Waals surface area contributed by atoms with Gasteiger partial charge in [0, 0.05) is 56.7 Å². The molecule has 170 valence electrons. The second-order valence-corrected chi connectivity index (χ2v) is 8.64. The van der Waals surface area contributed by atoms with Gasteiger partial charge in [0.25, 0.3) is 5.91 Å². The Balaban J connectivity index is 1.35. The number of carbonyl (C=O) groups is 2. The summed E-state index contributed by atoms with van der Waals surface area (Å²) >= 11 is 0. The normalized spacial score (nSPS) is 20.2. The largest absolute Gasteiger partial charge is 0.369 e. The van der Waals surface area contributed by atoms with E-state index in [2.05, 4.69) is 27.1 Å². The summed E-state index contributed by atoms with van der Waals surface area (Å²) in [5, 5.41) is 2.56. The summed E-state index contributed by atoms with van der Waals surface area (Å²) < 4.78 is 5.95. The molecule has 2 amide bonds. The molecule has 1 N–H and O–H groups in total. The van der Waals surface area contributed by atoms with Crippen molar-refractivity contribution >= 4 is 11.8 Å². The molecule has 2 fully saturated rings. The predicted molar refractivity (Wildman–Crippen MR) is 121 cm³/mol. The first-order valence-electron chi connectivity index (χ1n) is 11.3. The molecule has 2 aliphatic heterocycles. The lowest BCUT2D eigenvalue weighted by Crippen LogP contribution is -2.47. The SMILES string of the molecule is CNC(=O)c1ccc(-c2ccc([C@H]3CN(CC(=O)N4CCC(C)CC4)CCO3)nc2)cn1. The Bertz CT molecular complexity index is 924. The summed E-state index contributed by atoms with van der Waals surface area (Å²) in [6, 6.07) is 7.51. The fourth-order valence-electron chi connectivity index (χ4n) is 4.17. The van der Waals surface area contributed by atoms with Crippen LogP contribution in [0.4, 0.5) is 0 Å². The molecule has 0 saturated carbocycles. The van der Waals surface area contributed by atoms with Gasteiger partial charge in [-0.15, -0.1) is 0 Å². The van der Waals surface area contributed by atoms with Crippen LogP contribution in [-0.2, 0) is 9.53 Å². The summed E-state index contributed by atoms with van der Waals surface area (Å²) in [5.41, 5.74) is 3.05. The minimum absolute atomic E-state index is 0.152. The quantitative estimate of drug-likeness (QED) is 0.771. The molecule has 1 atom stereocenters. The molecule has 0 radical (unpaired) electrons. The number of carbonyl (C=O) groups excluding carboxylic acids is 2. The Hall–Kier alpha value is -2.84. The number of hydrogen-bond donors (Lipinski definition) is 1. The van der Waals surface area contributed by atoms with Crippen LogP contribution in [0.3, 0.4) is 0 Å². The highest BCUT2D eigenvalue weighted by molar-refractivity contribution is 5.92. The number of nitrogens with one attached hydrogen (secondary N) is 1. The molecule has 2 aromatic heterocycles. The molecule has 4 heterocycles. The third-order valence-corrected chi connectivity index (χ3v) is 6.32. The van der Waals surface area contributed by atoms with Crippen molar-refractivity contribution in [3.8, 4) is 11.1 Å². The number of amides is 2. The average Bonchev–Trinajstić information content (AvgIpc) is 2.84. The van der Waals surface area contributed by atoms with Crippen molar-refractivity contribution in [1.82, 2.24) is 25.1 Å². The van der Waals surface area contributed by atoms with E-state index in [1.165, 1.54) is 0 Å². The molecule has 32 heavy (non-hydrogen) atoms. The minimum Gasteiger partial charge on any atom is -0.369 e. The number of hydrogen-bond acceptors (Lipinski definition) is 6. The molecule has 8 heteroatoms. The van der Waals surface area contributed by atoms with Crippen molar-refractivity contribution in [3.63, 3.8) is 0 Å². The summed E-state index contributed by atoms with van der Waals surface area (Å²) in [6.07, 6.45) is 5.51. The van der Waals surface area contributed by atoms with E-state index < -0.39 is 0 Å². The first-order chi connectivity index (χ1) is 15.5. The van der Waals surface area contributed by atoms with Gasteiger partial charge in [-0.1, -0.05) is 19.1 Å². The van der Waals surface area contributed by atoms with E-state index in [0.717, 1.165) is 49.3 Å². The van der Waals surface area contributed by atoms with Crippen molar-refractivity contribution < 1.29 is 14.3 Å². The summed E-state index contributed by atoms with van der Waals surface area (Å²) in [4.78, 5) is 37.3. The maximum atomic E-state index is 12.7. The zero-order chi connectivity index (χ0) is 22.5. The molecule has 4 rings (SSSR count). The second-order valence-electron chi connectivity index (χ2n) is 8.64. The number of ether oxygens (including phenoxy) is 1. The van der Waals surface area contributed by atoms with Crippen molar-refractivity contribution in [2.24, 2.45) is 5.92 Å². The van der Waals surface area contributed by atoms with E-state index in [4.69, 9.17) is 4.74 Å². The van der Waals surface area contributed by atoms with Gasteiger partial charge in [0.1, 0.15) is 11.8 Å². The van der Waals surface area contributed by atoms with Gasteiger partial charge >= 0.3 is 0 Å². The van der Waals surface area contributed by atoms with E-state index >= 15 is 0 Å². The molecule has 0 spiro atoms. The lowest BCUT2D eigenvalue weighted by molar-refractivity contribution is -0.135. The minimum atomic E-state index is -0.211. The van der Waals surface area contributed by atoms with Gasteiger partial charge in [0.05, 0.1) is 18.8 Å². The van der Waals surface area contributed by atoms with Crippen molar-refractivity contribution in [2.75, 3.05) is 46.4 Å². The van der Waals surface area contributed by atoms with Crippen molar-refractivity contribution in [3.05, 3.63) is 48.0 Å². The molecule has 0 aromatic carbocycles. The van der Waals surface area contributed by atoms with E-state index in [0.29, 0.717) is 31.3 Å². The molecule has 2 aliphatic rings. The Morgan fingerprint density at radius 2 is 1.78 bits per heavy atom. The number of rotatable bonds is 5. The summed E-state index contributed by atoms with van der Waals surface area (Å²) in [5.74, 6) is 0.719. The van der Waals surface area contributed by atoms with Crippen molar-refractivity contribution in [2.45, 2.75) is 25.9 Å². The zero-order valence-electron chi connectivity index (χ0n) is 18.8. The van der Waals surface area contributed by atoms with Gasteiger partial charge < -0.3 is 15.0 Å². The van der Waals surface area contributed by atoms with E-state index in [1.807, 2.05) is 23.1 Å². The van der Waals surface area contributed by atoms with Gasteiger partial charge in [0.15, 0.2) is 0 Å². The Kier molecular flexibility index (Phi) is 7.12. The van der Waals surface area contributed by atoms with Gasteiger partial charge in [-0.05, 0) is 30.9 Å². The number of likely N-dealkylation sites (tertiary alicyclic amines) is 1. The highest BCUT2D eigenvalue weighted by atomic mass is 16.5. The van der Waals surface area contributed by atoms with Crippen LogP contribution in [0.2, 0.25) is 0 Å². The number of pyridine rings is 2. The topological polar surface area (TPSA) is 87.7 Å². The highest BCUT2D eigenvalue weighted by Crippen LogP contribution is 2.24. The van der Waals surface area contributed by atoms with Crippen LogP contribution in [0.5, 0.6) is 0 Å². The molecule has 0 bridgehead atoms. The Labute approximate surface area is 189 Å². The zero-order valence-corrected chi connectivity index (χ0v) is 18.8. The Morgan fingerprint density at radius 3 is 2.41 bits per heavy atom. The fraction of sp³-hybridized carbons (Fsp3) is 0.500. The second kappa shape index (κ2) is 10.2. The standard InChI is InChI=1S/C24H31N5O3/c1-17-7-9-29(10-8-17)23(30)16-28-11-12-32-22(15-28)20-5-3-18(13-26-20)19-4-6-21(27-14-19)24(31)25-2/h3-6,13-14,17,22H,7-12,15-16H2,1-2H3,(H,25,31)/t22-/m1/s1. The number of aromatic nitrogens is 2. The Morgan fingerprint density at radius 1 is 1.06 bits per heavy atom. The molecule has 2 saturated heterocycles. The third kappa shape index (κ3) is 5.31. The van der Waals surface area contributed by atoms with Crippen LogP contribution in [0.15, 0.2) is 36.7 Å². The molecule has 2 aromatic rings. The van der Waals surface area contributed by atoms with E-state index in [1.54, 1.807) is 25.5 Å². The lowest BCUT2D eigenvalue weighted by atomic mass is 9.99. The molecular weight excluding hydrogens is 406 g/mol. The maximum absolute atomic E-state index is 12.7. The van der Waals surface area contributed by atoms with E-state index in [-0.39, 0.29) is 17.9 Å². The van der Waals surface area contributed by atoms with Gasteiger partial charge in [-0.25, -0.2) is 0 Å². The van der Waals surface area contributed by atoms with Crippen LogP contribution < -0.4 is 5.32 Å². The van der Waals surface area contributed by atoms with Crippen LogP contribution in [-0.4, -0.2) is 78.0 Å². The third-order valence-electron chi connectivity index (χ3n) is 6.32. The van der Waals surface area contributed by atoms with Crippen molar-refractivity contribution in [1.29, 1.82) is 0 Å². The number of piperidine rings is 1. The molecule has 0 aliphatic carbocycles. The monoisotopic (exact) mass is 437 g/mol.